The molecule has 1 aromatic heterocycles. The molecule has 3 heteroatoms. The lowest BCUT2D eigenvalue weighted by Crippen LogP contribution is -2.16. The van der Waals surface area contributed by atoms with Gasteiger partial charge in [0.25, 0.3) is 0 Å². The lowest BCUT2D eigenvalue weighted by molar-refractivity contribution is 0.569. The van der Waals surface area contributed by atoms with Crippen LogP contribution >= 0.6 is 0 Å². The van der Waals surface area contributed by atoms with E-state index < -0.39 is 0 Å². The normalized spacial score (nSPS) is 12.9. The molecule has 1 aliphatic rings. The van der Waals surface area contributed by atoms with Crippen LogP contribution in [-0.2, 0) is 5.41 Å². The monoisotopic (exact) mass is 631 g/mol. The lowest BCUT2D eigenvalue weighted by Gasteiger charge is -2.30. The molecule has 3 nitrogen and oxygen atoms in total. The Bertz CT molecular complexity index is 2600. The molecule has 1 aliphatic carbocycles. The van der Waals surface area contributed by atoms with Crippen LogP contribution in [0.1, 0.15) is 25.0 Å². The van der Waals surface area contributed by atoms with Crippen molar-refractivity contribution in [3.63, 3.8) is 0 Å². The Morgan fingerprint density at radius 2 is 1.10 bits per heavy atom. The van der Waals surface area contributed by atoms with Crippen molar-refractivity contribution in [2.75, 3.05) is 4.90 Å². The van der Waals surface area contributed by atoms with Crippen LogP contribution < -0.4 is 10.5 Å². The van der Waals surface area contributed by atoms with Crippen molar-refractivity contribution in [1.29, 1.82) is 0 Å². The molecule has 0 fully saturated rings. The Hall–Kier alpha value is -6.19. The highest BCUT2D eigenvalue weighted by Crippen LogP contribution is 2.51. The zero-order valence-corrected chi connectivity index (χ0v) is 27.4. The summed E-state index contributed by atoms with van der Waals surface area (Å²) in [6.07, 6.45) is 0. The number of rotatable bonds is 5. The predicted octanol–water partition coefficient (Wildman–Crippen LogP) is 12.1. The fourth-order valence-corrected chi connectivity index (χ4v) is 7.65. The highest BCUT2D eigenvalue weighted by Gasteiger charge is 2.35. The number of anilines is 3. The molecule has 0 bridgehead atoms. The molecule has 0 N–H and O–H groups in total. The van der Waals surface area contributed by atoms with Gasteiger partial charge < -0.3 is 9.32 Å². The van der Waals surface area contributed by atoms with Crippen LogP contribution in [0.15, 0.2) is 173 Å². The van der Waals surface area contributed by atoms with Gasteiger partial charge in [0.05, 0.1) is 11.1 Å². The van der Waals surface area contributed by atoms with E-state index in [9.17, 15) is 4.79 Å². The average molecular weight is 632 g/mol. The van der Waals surface area contributed by atoms with E-state index >= 15 is 0 Å². The zero-order chi connectivity index (χ0) is 33.1. The van der Waals surface area contributed by atoms with Gasteiger partial charge in [-0.2, -0.15) is 0 Å². The summed E-state index contributed by atoms with van der Waals surface area (Å²) in [7, 11) is 0. The lowest BCUT2D eigenvalue weighted by atomic mass is 9.82. The molecule has 0 radical (unpaired) electrons. The molecular weight excluding hydrogens is 599 g/mol. The third kappa shape index (κ3) is 4.69. The van der Waals surface area contributed by atoms with Gasteiger partial charge in [-0.15, -0.1) is 0 Å². The Morgan fingerprint density at radius 1 is 0.469 bits per heavy atom. The quantitative estimate of drug-likeness (QED) is 0.140. The van der Waals surface area contributed by atoms with Crippen LogP contribution in [0.3, 0.4) is 0 Å². The number of hydrogen-bond acceptors (Lipinski definition) is 3. The van der Waals surface area contributed by atoms with E-state index in [4.69, 9.17) is 4.42 Å². The van der Waals surface area contributed by atoms with Crippen LogP contribution in [0.5, 0.6) is 0 Å². The van der Waals surface area contributed by atoms with Crippen molar-refractivity contribution in [2.45, 2.75) is 19.3 Å². The smallest absolute Gasteiger partial charge is 0.344 e. The number of benzene rings is 7. The number of para-hydroxylation sites is 1. The summed E-state index contributed by atoms with van der Waals surface area (Å²) in [5, 5.41) is 2.42. The fraction of sp³-hybridized carbons (Fsp3) is 0.0652. The SMILES string of the molecule is CC1(C)c2ccccc2-c2ccc(N(c3ccc(-c4ccc5oc(=O)c6ccccc6c5c4)cc3)c3ccccc3-c3ccccc3)cc21. The molecule has 8 aromatic rings. The molecular formula is C46H33NO2. The fourth-order valence-electron chi connectivity index (χ4n) is 7.65. The van der Waals surface area contributed by atoms with Gasteiger partial charge in [-0.05, 0) is 92.9 Å². The van der Waals surface area contributed by atoms with Crippen LogP contribution in [0, 0.1) is 0 Å². The van der Waals surface area contributed by atoms with E-state index in [0.717, 1.165) is 44.5 Å². The minimum Gasteiger partial charge on any atom is -0.422 e. The molecule has 0 atom stereocenters. The molecule has 7 aromatic carbocycles. The summed E-state index contributed by atoms with van der Waals surface area (Å²) in [4.78, 5) is 15.0. The van der Waals surface area contributed by atoms with E-state index in [1.165, 1.54) is 27.8 Å². The van der Waals surface area contributed by atoms with Crippen LogP contribution in [0.25, 0.3) is 55.1 Å². The third-order valence-corrected chi connectivity index (χ3v) is 10.1. The molecule has 0 spiro atoms. The van der Waals surface area contributed by atoms with Crippen molar-refractivity contribution >= 4 is 38.8 Å². The van der Waals surface area contributed by atoms with E-state index in [1.807, 2.05) is 36.4 Å². The summed E-state index contributed by atoms with van der Waals surface area (Å²) in [5.41, 5.74) is 13.3. The van der Waals surface area contributed by atoms with Gasteiger partial charge >= 0.3 is 5.63 Å². The van der Waals surface area contributed by atoms with Gasteiger partial charge in [0.2, 0.25) is 0 Å². The minimum absolute atomic E-state index is 0.115. The standard InChI is InChI=1S/C46H33NO2/c1-46(2)41-18-10-8-16-37(41)38-26-25-34(29-42(38)46)47(43-19-11-9-14-35(43)31-12-4-3-5-13-31)33-23-20-30(21-24-33)32-22-27-44-40(28-32)36-15-6-7-17-39(36)45(48)49-44/h3-29H,1-2H3. The van der Waals surface area contributed by atoms with E-state index in [-0.39, 0.29) is 11.0 Å². The van der Waals surface area contributed by atoms with Gasteiger partial charge in [0, 0.05) is 27.7 Å². The van der Waals surface area contributed by atoms with Gasteiger partial charge in [-0.1, -0.05) is 129 Å². The third-order valence-electron chi connectivity index (χ3n) is 10.1. The second kappa shape index (κ2) is 11.2. The summed E-state index contributed by atoms with van der Waals surface area (Å²) in [6, 6.07) is 57.4. The molecule has 0 aliphatic heterocycles. The summed E-state index contributed by atoms with van der Waals surface area (Å²) in [6.45, 7) is 4.66. The van der Waals surface area contributed by atoms with E-state index in [2.05, 4.69) is 146 Å². The maximum atomic E-state index is 12.6. The summed E-state index contributed by atoms with van der Waals surface area (Å²) in [5.74, 6) is 0. The van der Waals surface area contributed by atoms with Crippen LogP contribution in [-0.4, -0.2) is 0 Å². The molecule has 234 valence electrons. The summed E-state index contributed by atoms with van der Waals surface area (Å²) >= 11 is 0. The van der Waals surface area contributed by atoms with Crippen molar-refractivity contribution in [1.82, 2.24) is 0 Å². The Morgan fingerprint density at radius 3 is 1.92 bits per heavy atom. The number of hydrogen-bond donors (Lipinski definition) is 0. The zero-order valence-electron chi connectivity index (χ0n) is 27.4. The Balaban J connectivity index is 1.19. The summed E-state index contributed by atoms with van der Waals surface area (Å²) < 4.78 is 5.67. The predicted molar refractivity (Wildman–Crippen MR) is 203 cm³/mol. The van der Waals surface area contributed by atoms with E-state index in [1.54, 1.807) is 0 Å². The van der Waals surface area contributed by atoms with Crippen molar-refractivity contribution in [3.05, 3.63) is 185 Å². The second-order valence-corrected chi connectivity index (χ2v) is 13.3. The highest BCUT2D eigenvalue weighted by molar-refractivity contribution is 6.05. The minimum atomic E-state index is -0.310. The maximum absolute atomic E-state index is 12.6. The van der Waals surface area contributed by atoms with E-state index in [0.29, 0.717) is 11.0 Å². The van der Waals surface area contributed by atoms with Crippen molar-refractivity contribution in [2.24, 2.45) is 0 Å². The van der Waals surface area contributed by atoms with Crippen LogP contribution in [0.2, 0.25) is 0 Å². The first-order chi connectivity index (χ1) is 24.0. The van der Waals surface area contributed by atoms with Gasteiger partial charge in [-0.3, -0.25) is 0 Å². The van der Waals surface area contributed by atoms with Crippen molar-refractivity contribution < 1.29 is 4.42 Å². The first-order valence-electron chi connectivity index (χ1n) is 16.7. The van der Waals surface area contributed by atoms with Gasteiger partial charge in [-0.25, -0.2) is 4.79 Å². The molecule has 0 saturated carbocycles. The maximum Gasteiger partial charge on any atom is 0.344 e. The van der Waals surface area contributed by atoms with Gasteiger partial charge in [0.1, 0.15) is 5.58 Å². The topological polar surface area (TPSA) is 33.5 Å². The molecule has 0 unspecified atom stereocenters. The second-order valence-electron chi connectivity index (χ2n) is 13.3. The average Bonchev–Trinajstić information content (AvgIpc) is 3.38. The molecule has 0 saturated heterocycles. The molecule has 9 rings (SSSR count). The largest absolute Gasteiger partial charge is 0.422 e. The molecule has 49 heavy (non-hydrogen) atoms. The first-order valence-corrected chi connectivity index (χ1v) is 16.7. The first kappa shape index (κ1) is 29.0. The number of fused-ring (bicyclic) bond motifs is 6. The molecule has 0 amide bonds. The molecule has 1 heterocycles. The highest BCUT2D eigenvalue weighted by atomic mass is 16.4. The Labute approximate surface area is 285 Å². The number of nitrogens with zero attached hydrogens (tertiary/aromatic N) is 1. The van der Waals surface area contributed by atoms with Gasteiger partial charge in [0.15, 0.2) is 0 Å². The van der Waals surface area contributed by atoms with Crippen molar-refractivity contribution in [3.8, 4) is 33.4 Å². The van der Waals surface area contributed by atoms with Crippen LogP contribution in [0.4, 0.5) is 17.1 Å². The Kier molecular flexibility index (Phi) is 6.63.